The zero-order valence-electron chi connectivity index (χ0n) is 8.85. The zero-order chi connectivity index (χ0) is 11.2. The van der Waals surface area contributed by atoms with Crippen molar-refractivity contribution >= 4 is 27.5 Å². The van der Waals surface area contributed by atoms with E-state index in [0.717, 1.165) is 27.0 Å². The summed E-state index contributed by atoms with van der Waals surface area (Å²) in [4.78, 5) is 11.5. The lowest BCUT2D eigenvalue weighted by Crippen LogP contribution is -2.34. The standard InChI is InChI=1S/C11H12BrNO2/c1-5-4-8-10(6(2)9(5)12)13-11(14)7(3)15-8/h4,7H,1-3H3,(H,13,14). The van der Waals surface area contributed by atoms with Crippen LogP contribution in [-0.4, -0.2) is 12.0 Å². The first-order valence-electron chi connectivity index (χ1n) is 4.78. The quantitative estimate of drug-likeness (QED) is 0.787. The zero-order valence-corrected chi connectivity index (χ0v) is 10.4. The second kappa shape index (κ2) is 3.52. The van der Waals surface area contributed by atoms with Crippen LogP contribution in [-0.2, 0) is 4.79 Å². The normalized spacial score (nSPS) is 19.2. The molecule has 1 heterocycles. The van der Waals surface area contributed by atoms with Gasteiger partial charge < -0.3 is 10.1 Å². The van der Waals surface area contributed by atoms with E-state index in [0.29, 0.717) is 0 Å². The Morgan fingerprint density at radius 3 is 2.80 bits per heavy atom. The monoisotopic (exact) mass is 269 g/mol. The second-order valence-corrected chi connectivity index (χ2v) is 4.55. The van der Waals surface area contributed by atoms with Crippen LogP contribution in [0.2, 0.25) is 0 Å². The van der Waals surface area contributed by atoms with Gasteiger partial charge in [0.2, 0.25) is 0 Å². The molecule has 2 rings (SSSR count). The summed E-state index contributed by atoms with van der Waals surface area (Å²) in [6.45, 7) is 5.70. The molecule has 1 aromatic carbocycles. The number of amides is 1. The topological polar surface area (TPSA) is 38.3 Å². The van der Waals surface area contributed by atoms with Crippen molar-refractivity contribution in [1.29, 1.82) is 0 Å². The van der Waals surface area contributed by atoms with Crippen LogP contribution in [0.15, 0.2) is 10.5 Å². The number of carbonyl (C=O) groups excluding carboxylic acids is 1. The minimum Gasteiger partial charge on any atom is -0.479 e. The summed E-state index contributed by atoms with van der Waals surface area (Å²) in [6, 6.07) is 1.93. The lowest BCUT2D eigenvalue weighted by atomic mass is 10.1. The van der Waals surface area contributed by atoms with Crippen LogP contribution in [0.3, 0.4) is 0 Å². The molecule has 1 unspecified atom stereocenters. The highest BCUT2D eigenvalue weighted by atomic mass is 79.9. The van der Waals surface area contributed by atoms with Crippen LogP contribution >= 0.6 is 15.9 Å². The Morgan fingerprint density at radius 1 is 1.47 bits per heavy atom. The predicted octanol–water partition coefficient (Wildman–Crippen LogP) is 2.79. The smallest absolute Gasteiger partial charge is 0.265 e. The number of fused-ring (bicyclic) bond motifs is 1. The third kappa shape index (κ3) is 1.63. The third-order valence-electron chi connectivity index (χ3n) is 2.57. The molecule has 0 fully saturated rings. The maximum atomic E-state index is 11.5. The molecule has 1 aromatic rings. The molecule has 0 aromatic heterocycles. The van der Waals surface area contributed by atoms with Gasteiger partial charge in [0.05, 0.1) is 5.69 Å². The number of carbonyl (C=O) groups is 1. The van der Waals surface area contributed by atoms with E-state index >= 15 is 0 Å². The van der Waals surface area contributed by atoms with E-state index < -0.39 is 6.10 Å². The molecule has 0 radical (unpaired) electrons. The number of nitrogens with one attached hydrogen (secondary N) is 1. The summed E-state index contributed by atoms with van der Waals surface area (Å²) in [6.07, 6.45) is -0.419. The lowest BCUT2D eigenvalue weighted by Gasteiger charge is -2.25. The molecule has 1 aliphatic rings. The first-order valence-corrected chi connectivity index (χ1v) is 5.57. The number of ether oxygens (including phenoxy) is 1. The van der Waals surface area contributed by atoms with Crippen molar-refractivity contribution in [1.82, 2.24) is 0 Å². The molecular weight excluding hydrogens is 258 g/mol. The van der Waals surface area contributed by atoms with Gasteiger partial charge in [0.15, 0.2) is 6.10 Å². The Labute approximate surface area is 96.9 Å². The maximum Gasteiger partial charge on any atom is 0.265 e. The summed E-state index contributed by atoms with van der Waals surface area (Å²) >= 11 is 3.49. The van der Waals surface area contributed by atoms with Crippen LogP contribution in [0.4, 0.5) is 5.69 Å². The minimum atomic E-state index is -0.419. The fourth-order valence-corrected chi connectivity index (χ4v) is 1.95. The molecule has 1 amide bonds. The van der Waals surface area contributed by atoms with Gasteiger partial charge in [-0.25, -0.2) is 0 Å². The molecule has 0 aliphatic carbocycles. The first-order chi connectivity index (χ1) is 7.00. The molecule has 4 heteroatoms. The Morgan fingerprint density at radius 2 is 2.13 bits per heavy atom. The van der Waals surface area contributed by atoms with E-state index in [1.165, 1.54) is 0 Å². The van der Waals surface area contributed by atoms with E-state index in [1.807, 2.05) is 19.9 Å². The molecule has 0 saturated carbocycles. The van der Waals surface area contributed by atoms with Gasteiger partial charge >= 0.3 is 0 Å². The summed E-state index contributed by atoms with van der Waals surface area (Å²) in [7, 11) is 0. The Bertz CT molecular complexity index is 443. The highest BCUT2D eigenvalue weighted by Crippen LogP contribution is 2.38. The van der Waals surface area contributed by atoms with Crippen molar-refractivity contribution in [2.45, 2.75) is 26.9 Å². The van der Waals surface area contributed by atoms with Crippen LogP contribution in [0.5, 0.6) is 5.75 Å². The van der Waals surface area contributed by atoms with Crippen LogP contribution in [0.25, 0.3) is 0 Å². The molecule has 0 saturated heterocycles. The highest BCUT2D eigenvalue weighted by molar-refractivity contribution is 9.10. The Balaban J connectivity index is 2.58. The van der Waals surface area contributed by atoms with E-state index in [4.69, 9.17) is 4.74 Å². The van der Waals surface area contributed by atoms with Gasteiger partial charge in [-0.15, -0.1) is 0 Å². The first kappa shape index (κ1) is 10.5. The number of rotatable bonds is 0. The lowest BCUT2D eigenvalue weighted by molar-refractivity contribution is -0.122. The predicted molar refractivity (Wildman–Crippen MR) is 62.3 cm³/mol. The third-order valence-corrected chi connectivity index (χ3v) is 3.79. The summed E-state index contributed by atoms with van der Waals surface area (Å²) < 4.78 is 6.54. The molecule has 0 spiro atoms. The van der Waals surface area contributed by atoms with Crippen molar-refractivity contribution in [3.8, 4) is 5.75 Å². The van der Waals surface area contributed by atoms with Crippen molar-refractivity contribution in [3.05, 3.63) is 21.7 Å². The molecule has 0 bridgehead atoms. The fraction of sp³-hybridized carbons (Fsp3) is 0.364. The summed E-state index contributed by atoms with van der Waals surface area (Å²) in [5.41, 5.74) is 2.88. The fourth-order valence-electron chi connectivity index (χ4n) is 1.64. The van der Waals surface area contributed by atoms with Crippen molar-refractivity contribution in [2.75, 3.05) is 5.32 Å². The maximum absolute atomic E-state index is 11.5. The summed E-state index contributed by atoms with van der Waals surface area (Å²) in [5, 5.41) is 2.85. The Hall–Kier alpha value is -1.03. The number of halogens is 1. The number of anilines is 1. The van der Waals surface area contributed by atoms with E-state index in [1.54, 1.807) is 6.92 Å². The molecule has 15 heavy (non-hydrogen) atoms. The molecule has 3 nitrogen and oxygen atoms in total. The molecule has 80 valence electrons. The van der Waals surface area contributed by atoms with E-state index in [-0.39, 0.29) is 5.91 Å². The number of hydrogen-bond donors (Lipinski definition) is 1. The molecular formula is C11H12BrNO2. The van der Waals surface area contributed by atoms with Crippen LogP contribution in [0.1, 0.15) is 18.1 Å². The van der Waals surface area contributed by atoms with Crippen molar-refractivity contribution in [2.24, 2.45) is 0 Å². The van der Waals surface area contributed by atoms with Crippen LogP contribution < -0.4 is 10.1 Å². The largest absolute Gasteiger partial charge is 0.479 e. The number of aryl methyl sites for hydroxylation is 1. The van der Waals surface area contributed by atoms with Gasteiger partial charge in [-0.05, 0) is 38.0 Å². The van der Waals surface area contributed by atoms with Gasteiger partial charge in [-0.3, -0.25) is 4.79 Å². The average molecular weight is 270 g/mol. The number of hydrogen-bond acceptors (Lipinski definition) is 2. The van der Waals surface area contributed by atoms with E-state index in [9.17, 15) is 4.79 Å². The van der Waals surface area contributed by atoms with Gasteiger partial charge in [-0.1, -0.05) is 15.9 Å². The van der Waals surface area contributed by atoms with Gasteiger partial charge in [-0.2, -0.15) is 0 Å². The molecule has 1 aliphatic heterocycles. The Kier molecular flexibility index (Phi) is 2.46. The molecule has 1 N–H and O–H groups in total. The SMILES string of the molecule is Cc1cc2c(c(C)c1Br)NC(=O)C(C)O2. The average Bonchev–Trinajstić information content (AvgIpc) is 2.19. The van der Waals surface area contributed by atoms with Gasteiger partial charge in [0.1, 0.15) is 5.75 Å². The van der Waals surface area contributed by atoms with Gasteiger partial charge in [0, 0.05) is 4.47 Å². The van der Waals surface area contributed by atoms with Crippen LogP contribution in [0, 0.1) is 13.8 Å². The van der Waals surface area contributed by atoms with Crippen molar-refractivity contribution < 1.29 is 9.53 Å². The minimum absolute atomic E-state index is 0.0960. The van der Waals surface area contributed by atoms with E-state index in [2.05, 4.69) is 21.2 Å². The second-order valence-electron chi connectivity index (χ2n) is 3.75. The summed E-state index contributed by atoms with van der Waals surface area (Å²) in [5.74, 6) is 0.654. The number of benzene rings is 1. The van der Waals surface area contributed by atoms with Crippen molar-refractivity contribution in [3.63, 3.8) is 0 Å². The molecule has 1 atom stereocenters. The van der Waals surface area contributed by atoms with Gasteiger partial charge in [0.25, 0.3) is 5.91 Å². The highest BCUT2D eigenvalue weighted by Gasteiger charge is 2.26.